The molecule has 2 aromatic carbocycles. The molecule has 1 aliphatic carbocycles. The van der Waals surface area contributed by atoms with E-state index in [1.165, 1.54) is 23.5 Å². The van der Waals surface area contributed by atoms with Gasteiger partial charge < -0.3 is 15.4 Å². The Hall–Kier alpha value is -2.93. The summed E-state index contributed by atoms with van der Waals surface area (Å²) in [6, 6.07) is 11.5. The summed E-state index contributed by atoms with van der Waals surface area (Å²) in [5.41, 5.74) is 7.41. The normalized spacial score (nSPS) is 15.2. The number of thiazole rings is 1. The second-order valence-electron chi connectivity index (χ2n) is 6.87. The second-order valence-corrected chi connectivity index (χ2v) is 7.71. The number of halogens is 1. The fraction of sp³-hybridized carbons (Fsp3) is 0.238. The highest BCUT2D eigenvalue weighted by atomic mass is 32.1. The van der Waals surface area contributed by atoms with Crippen LogP contribution in [0.15, 0.2) is 52.8 Å². The summed E-state index contributed by atoms with van der Waals surface area (Å²) in [5.74, 6) is -1.19. The number of aromatic nitrogens is 1. The zero-order chi connectivity index (χ0) is 19.7. The van der Waals surface area contributed by atoms with Crippen LogP contribution in [0.2, 0.25) is 0 Å². The molecule has 1 amide bonds. The zero-order valence-corrected chi connectivity index (χ0v) is 16.0. The second kappa shape index (κ2) is 7.59. The average Bonchev–Trinajstić information content (AvgIpc) is 3.33. The van der Waals surface area contributed by atoms with Gasteiger partial charge in [0.15, 0.2) is 4.80 Å². The summed E-state index contributed by atoms with van der Waals surface area (Å²) in [5, 5.41) is 11.9. The lowest BCUT2D eigenvalue weighted by Crippen LogP contribution is -2.20. The maximum atomic E-state index is 14.1. The van der Waals surface area contributed by atoms with E-state index < -0.39 is 5.91 Å². The highest BCUT2D eigenvalue weighted by Crippen LogP contribution is 2.34. The molecule has 0 unspecified atom stereocenters. The molecule has 4 rings (SSSR count). The van der Waals surface area contributed by atoms with Crippen LogP contribution >= 0.6 is 11.3 Å². The van der Waals surface area contributed by atoms with Crippen molar-refractivity contribution in [3.8, 4) is 17.0 Å². The number of nitrogens with two attached hydrogens (primary N) is 1. The van der Waals surface area contributed by atoms with Crippen molar-refractivity contribution in [3.05, 3.63) is 64.0 Å². The fourth-order valence-corrected chi connectivity index (χ4v) is 4.64. The van der Waals surface area contributed by atoms with E-state index in [0.29, 0.717) is 10.5 Å². The standard InChI is InChI=1S/C21H20FN3O2S/c22-16-7-3-4-8-17(16)24-21-25(14-5-1-2-6-14)18(12-28-21)13-9-10-19(26)15(11-13)20(23)27/h3-4,7-12,14,26H,1-2,5-6H2,(H2,23,27). The van der Waals surface area contributed by atoms with Crippen LogP contribution in [0, 0.1) is 5.82 Å². The SMILES string of the molecule is NC(=O)c1cc(-c2csc(=Nc3ccccc3F)n2C2CCCC2)ccc1O. The number of carbonyl (C=O) groups excluding carboxylic acids is 1. The molecule has 0 saturated heterocycles. The Labute approximate surface area is 165 Å². The van der Waals surface area contributed by atoms with Crippen molar-refractivity contribution in [2.75, 3.05) is 0 Å². The number of hydrogen-bond donors (Lipinski definition) is 2. The Morgan fingerprint density at radius 2 is 1.96 bits per heavy atom. The molecule has 1 saturated carbocycles. The first-order chi connectivity index (χ1) is 13.5. The molecule has 0 atom stereocenters. The van der Waals surface area contributed by atoms with E-state index in [1.54, 1.807) is 30.3 Å². The summed E-state index contributed by atoms with van der Waals surface area (Å²) < 4.78 is 16.2. The molecule has 0 aliphatic heterocycles. The summed E-state index contributed by atoms with van der Waals surface area (Å²) in [6.07, 6.45) is 4.31. The molecule has 3 aromatic rings. The van der Waals surface area contributed by atoms with Crippen molar-refractivity contribution in [3.63, 3.8) is 0 Å². The van der Waals surface area contributed by atoms with Crippen LogP contribution in [0.1, 0.15) is 42.1 Å². The van der Waals surface area contributed by atoms with Crippen LogP contribution in [-0.2, 0) is 0 Å². The van der Waals surface area contributed by atoms with Gasteiger partial charge in [-0.15, -0.1) is 11.3 Å². The van der Waals surface area contributed by atoms with E-state index in [2.05, 4.69) is 9.56 Å². The quantitative estimate of drug-likeness (QED) is 0.679. The number of amides is 1. The molecule has 5 nitrogen and oxygen atoms in total. The van der Waals surface area contributed by atoms with Crippen molar-refractivity contribution in [2.24, 2.45) is 10.7 Å². The van der Waals surface area contributed by atoms with Gasteiger partial charge in [0, 0.05) is 17.0 Å². The number of nitrogens with zero attached hydrogens (tertiary/aromatic N) is 2. The highest BCUT2D eigenvalue weighted by molar-refractivity contribution is 7.07. The van der Waals surface area contributed by atoms with Crippen molar-refractivity contribution in [2.45, 2.75) is 31.7 Å². The Morgan fingerprint density at radius 3 is 2.68 bits per heavy atom. The lowest BCUT2D eigenvalue weighted by atomic mass is 10.1. The van der Waals surface area contributed by atoms with E-state index >= 15 is 0 Å². The monoisotopic (exact) mass is 397 g/mol. The molecule has 1 aliphatic rings. The van der Waals surface area contributed by atoms with Gasteiger partial charge in [-0.2, -0.15) is 0 Å². The summed E-state index contributed by atoms with van der Waals surface area (Å²) >= 11 is 1.43. The first kappa shape index (κ1) is 18.4. The molecular weight excluding hydrogens is 377 g/mol. The topological polar surface area (TPSA) is 80.6 Å². The maximum Gasteiger partial charge on any atom is 0.252 e. The molecular formula is C21H20FN3O2S. The molecule has 7 heteroatoms. The van der Waals surface area contributed by atoms with E-state index in [0.717, 1.165) is 36.9 Å². The van der Waals surface area contributed by atoms with Crippen LogP contribution in [0.3, 0.4) is 0 Å². The third-order valence-electron chi connectivity index (χ3n) is 5.06. The largest absolute Gasteiger partial charge is 0.507 e. The number of phenols is 1. The highest BCUT2D eigenvalue weighted by Gasteiger charge is 2.22. The Bertz CT molecular complexity index is 1100. The smallest absolute Gasteiger partial charge is 0.252 e. The van der Waals surface area contributed by atoms with Crippen LogP contribution in [-0.4, -0.2) is 15.6 Å². The van der Waals surface area contributed by atoms with Gasteiger partial charge in [-0.25, -0.2) is 9.38 Å². The van der Waals surface area contributed by atoms with Gasteiger partial charge in [-0.3, -0.25) is 4.79 Å². The van der Waals surface area contributed by atoms with E-state index in [1.807, 2.05) is 5.38 Å². The van der Waals surface area contributed by atoms with E-state index in [9.17, 15) is 14.3 Å². The van der Waals surface area contributed by atoms with Crippen molar-refractivity contribution < 1.29 is 14.3 Å². The lowest BCUT2D eigenvalue weighted by Gasteiger charge is -2.16. The van der Waals surface area contributed by atoms with Gasteiger partial charge in [-0.05, 0) is 43.2 Å². The van der Waals surface area contributed by atoms with E-state index in [4.69, 9.17) is 5.73 Å². The Kier molecular flexibility index (Phi) is 5.00. The molecule has 1 fully saturated rings. The van der Waals surface area contributed by atoms with Crippen LogP contribution in [0.4, 0.5) is 10.1 Å². The maximum absolute atomic E-state index is 14.1. The minimum atomic E-state index is -0.682. The molecule has 0 radical (unpaired) electrons. The third-order valence-corrected chi connectivity index (χ3v) is 5.90. The van der Waals surface area contributed by atoms with Crippen LogP contribution in [0.5, 0.6) is 5.75 Å². The molecule has 1 heterocycles. The minimum absolute atomic E-state index is 0.0780. The number of benzene rings is 2. The zero-order valence-electron chi connectivity index (χ0n) is 15.1. The van der Waals surface area contributed by atoms with Gasteiger partial charge in [0.1, 0.15) is 17.3 Å². The molecule has 1 aromatic heterocycles. The molecule has 28 heavy (non-hydrogen) atoms. The van der Waals surface area contributed by atoms with Gasteiger partial charge >= 0.3 is 0 Å². The summed E-state index contributed by atoms with van der Waals surface area (Å²) in [4.78, 5) is 16.9. The van der Waals surface area contributed by atoms with Crippen LogP contribution in [0.25, 0.3) is 11.3 Å². The summed E-state index contributed by atoms with van der Waals surface area (Å²) in [7, 11) is 0. The van der Waals surface area contributed by atoms with E-state index in [-0.39, 0.29) is 23.2 Å². The van der Waals surface area contributed by atoms with Crippen molar-refractivity contribution >= 4 is 22.9 Å². The predicted octanol–water partition coefficient (Wildman–Crippen LogP) is 4.51. The molecule has 144 valence electrons. The van der Waals surface area contributed by atoms with Gasteiger partial charge in [-0.1, -0.05) is 25.0 Å². The van der Waals surface area contributed by atoms with Crippen molar-refractivity contribution in [1.29, 1.82) is 0 Å². The van der Waals surface area contributed by atoms with Gasteiger partial charge in [0.2, 0.25) is 0 Å². The Balaban J connectivity index is 1.90. The molecule has 0 bridgehead atoms. The van der Waals surface area contributed by atoms with Gasteiger partial charge in [0.05, 0.1) is 11.3 Å². The fourth-order valence-electron chi connectivity index (χ4n) is 3.67. The first-order valence-electron chi connectivity index (χ1n) is 9.17. The number of carbonyl (C=O) groups is 1. The number of hydrogen-bond acceptors (Lipinski definition) is 4. The van der Waals surface area contributed by atoms with Crippen molar-refractivity contribution in [1.82, 2.24) is 4.57 Å². The Morgan fingerprint density at radius 1 is 1.21 bits per heavy atom. The molecule has 3 N–H and O–H groups in total. The third kappa shape index (κ3) is 3.45. The number of rotatable bonds is 4. The predicted molar refractivity (Wildman–Crippen MR) is 107 cm³/mol. The average molecular weight is 397 g/mol. The van der Waals surface area contributed by atoms with Gasteiger partial charge in [0.25, 0.3) is 5.91 Å². The lowest BCUT2D eigenvalue weighted by molar-refractivity contribution is 0.0998. The number of para-hydroxylation sites is 1. The van der Waals surface area contributed by atoms with Crippen LogP contribution < -0.4 is 10.5 Å². The number of aromatic hydroxyl groups is 1. The minimum Gasteiger partial charge on any atom is -0.507 e. The first-order valence-corrected chi connectivity index (χ1v) is 10.0. The number of primary amides is 1. The molecule has 0 spiro atoms. The summed E-state index contributed by atoms with van der Waals surface area (Å²) in [6.45, 7) is 0.